The van der Waals surface area contributed by atoms with E-state index in [1.165, 1.54) is 24.0 Å². The van der Waals surface area contributed by atoms with Crippen LogP contribution in [0.25, 0.3) is 5.57 Å². The van der Waals surface area contributed by atoms with Gasteiger partial charge in [0.2, 0.25) is 0 Å². The molecular weight excluding hydrogens is 259 g/mol. The van der Waals surface area contributed by atoms with Gasteiger partial charge in [0, 0.05) is 0 Å². The van der Waals surface area contributed by atoms with Crippen molar-refractivity contribution in [2.24, 2.45) is 0 Å². The third-order valence-corrected chi connectivity index (χ3v) is 2.12. The molecule has 0 fully saturated rings. The van der Waals surface area contributed by atoms with Crippen molar-refractivity contribution in [3.8, 4) is 0 Å². The van der Waals surface area contributed by atoms with E-state index >= 15 is 0 Å². The second-order valence-electron chi connectivity index (χ2n) is 3.43. The number of hydrogen-bond acceptors (Lipinski definition) is 0. The van der Waals surface area contributed by atoms with Crippen LogP contribution in [0.1, 0.15) is 45.1 Å². The molecule has 0 nitrogen and oxygen atoms in total. The fraction of sp³-hybridized carbons (Fsp3) is 0.429. The number of unbranched alkanes of at least 4 members (excludes halogenated alkanes) is 1. The van der Waals surface area contributed by atoms with Crippen LogP contribution in [0.4, 0.5) is 0 Å². The van der Waals surface area contributed by atoms with Gasteiger partial charge in [-0.1, -0.05) is 33.1 Å². The second kappa shape index (κ2) is 9.10. The van der Waals surface area contributed by atoms with E-state index in [1.807, 2.05) is 12.1 Å². The monoisotopic (exact) mass is 276 g/mol. The first-order chi connectivity index (χ1) is 6.88. The predicted octanol–water partition coefficient (Wildman–Crippen LogP) is 4.27. The molecule has 0 unspecified atom stereocenters. The van der Waals surface area contributed by atoms with Gasteiger partial charge < -0.3 is 11.6 Å². The molecule has 0 heterocycles. The van der Waals surface area contributed by atoms with Gasteiger partial charge in [0.1, 0.15) is 0 Å². The Morgan fingerprint density at radius 2 is 2.07 bits per heavy atom. The molecule has 0 spiro atoms. The van der Waals surface area contributed by atoms with Crippen LogP contribution in [0.5, 0.6) is 0 Å². The Kier molecular flexibility index (Phi) is 9.00. The summed E-state index contributed by atoms with van der Waals surface area (Å²) in [6, 6.07) is 11.4. The van der Waals surface area contributed by atoms with E-state index in [0.29, 0.717) is 0 Å². The zero-order chi connectivity index (χ0) is 10.2. The van der Waals surface area contributed by atoms with Gasteiger partial charge in [-0.15, -0.1) is 12.5 Å². The molecule has 0 atom stereocenters. The molecule has 1 heteroatoms. The summed E-state index contributed by atoms with van der Waals surface area (Å²) < 4.78 is 0. The van der Waals surface area contributed by atoms with E-state index in [0.717, 1.165) is 12.8 Å². The van der Waals surface area contributed by atoms with Crippen molar-refractivity contribution in [1.82, 2.24) is 0 Å². The maximum Gasteiger partial charge on any atom is 2.00 e. The zero-order valence-electron chi connectivity index (χ0n) is 9.64. The Morgan fingerprint density at radius 1 is 1.27 bits per heavy atom. The van der Waals surface area contributed by atoms with Crippen molar-refractivity contribution in [2.45, 2.75) is 39.5 Å². The third-order valence-electron chi connectivity index (χ3n) is 2.12. The maximum atomic E-state index is 3.47. The molecule has 1 rings (SSSR count). The van der Waals surface area contributed by atoms with E-state index in [-0.39, 0.29) is 26.2 Å². The normalized spacial score (nSPS) is 10.9. The van der Waals surface area contributed by atoms with Gasteiger partial charge in [-0.05, 0) is 0 Å². The summed E-state index contributed by atoms with van der Waals surface area (Å²) in [5.41, 5.74) is 2.54. The van der Waals surface area contributed by atoms with Crippen LogP contribution in [-0.4, -0.2) is 0 Å². The molecule has 0 N–H and O–H groups in total. The van der Waals surface area contributed by atoms with Crippen molar-refractivity contribution in [2.75, 3.05) is 0 Å². The molecule has 0 bridgehead atoms. The van der Waals surface area contributed by atoms with Crippen LogP contribution in [0.15, 0.2) is 24.3 Å². The fourth-order valence-electron chi connectivity index (χ4n) is 1.43. The van der Waals surface area contributed by atoms with Gasteiger partial charge in [0.05, 0.1) is 0 Å². The molecule has 0 aliphatic heterocycles. The van der Waals surface area contributed by atoms with E-state index in [4.69, 9.17) is 0 Å². The standard InChI is InChI=1S/C14H18.Zr/c1-3-5-10-13(9-4-2)14-11-7-6-8-12-14;/h6-8,11H,3-5,9H2,1-2H3;/q-2;+2. The van der Waals surface area contributed by atoms with E-state index < -0.39 is 0 Å². The van der Waals surface area contributed by atoms with Gasteiger partial charge in [-0.2, -0.15) is 12.1 Å². The van der Waals surface area contributed by atoms with Crippen molar-refractivity contribution in [1.29, 1.82) is 0 Å². The summed E-state index contributed by atoms with van der Waals surface area (Å²) >= 11 is 0. The topological polar surface area (TPSA) is 0 Å². The van der Waals surface area contributed by atoms with E-state index in [2.05, 4.69) is 38.1 Å². The van der Waals surface area contributed by atoms with Gasteiger partial charge in [0.15, 0.2) is 0 Å². The molecule has 0 radical (unpaired) electrons. The minimum atomic E-state index is 0. The Morgan fingerprint density at radius 3 is 2.60 bits per heavy atom. The average Bonchev–Trinajstić information content (AvgIpc) is 2.25. The number of benzene rings is 1. The van der Waals surface area contributed by atoms with Crippen LogP contribution in [0.3, 0.4) is 0 Å². The second-order valence-corrected chi connectivity index (χ2v) is 3.43. The molecule has 15 heavy (non-hydrogen) atoms. The summed E-state index contributed by atoms with van der Waals surface area (Å²) in [7, 11) is 0. The van der Waals surface area contributed by atoms with Crippen molar-refractivity contribution >= 4 is 5.57 Å². The molecular formula is C14H18Zr. The number of rotatable bonds is 5. The van der Waals surface area contributed by atoms with Gasteiger partial charge >= 0.3 is 26.2 Å². The maximum absolute atomic E-state index is 3.47. The summed E-state index contributed by atoms with van der Waals surface area (Å²) in [6.45, 7) is 4.39. The molecule has 0 aliphatic carbocycles. The largest absolute Gasteiger partial charge is 2.00 e. The summed E-state index contributed by atoms with van der Waals surface area (Å²) in [5.74, 6) is 0. The van der Waals surface area contributed by atoms with Crippen LogP contribution < -0.4 is 0 Å². The average molecular weight is 278 g/mol. The van der Waals surface area contributed by atoms with Gasteiger partial charge in [0.25, 0.3) is 0 Å². The predicted molar refractivity (Wildman–Crippen MR) is 61.7 cm³/mol. The molecule has 78 valence electrons. The van der Waals surface area contributed by atoms with Crippen molar-refractivity contribution in [3.05, 3.63) is 42.0 Å². The molecule has 0 aliphatic rings. The summed E-state index contributed by atoms with van der Waals surface area (Å²) in [4.78, 5) is 0. The minimum Gasteiger partial charge on any atom is -0.323 e. The molecule has 0 amide bonds. The number of hydrogen-bond donors (Lipinski definition) is 0. The third kappa shape index (κ3) is 5.47. The Hall–Kier alpha value is -0.157. The Bertz CT molecular complexity index is 275. The van der Waals surface area contributed by atoms with Crippen molar-refractivity contribution < 1.29 is 26.2 Å². The molecule has 0 saturated carbocycles. The van der Waals surface area contributed by atoms with Crippen LogP contribution in [0, 0.1) is 12.1 Å². The Balaban J connectivity index is 0.00000196. The first kappa shape index (κ1) is 14.8. The van der Waals surface area contributed by atoms with Crippen LogP contribution >= 0.6 is 0 Å². The quantitative estimate of drug-likeness (QED) is 0.705. The molecule has 1 aromatic carbocycles. The molecule has 1 aromatic rings. The van der Waals surface area contributed by atoms with E-state index in [9.17, 15) is 0 Å². The molecule has 0 saturated heterocycles. The van der Waals surface area contributed by atoms with Gasteiger partial charge in [-0.25, -0.2) is 12.1 Å². The number of allylic oxidation sites excluding steroid dienone is 2. The van der Waals surface area contributed by atoms with Crippen molar-refractivity contribution in [3.63, 3.8) is 0 Å². The zero-order valence-corrected chi connectivity index (χ0v) is 12.1. The van der Waals surface area contributed by atoms with Crippen LogP contribution in [-0.2, 0) is 26.2 Å². The first-order valence-corrected chi connectivity index (χ1v) is 5.45. The summed E-state index contributed by atoms with van der Waals surface area (Å²) in [5, 5.41) is 0. The van der Waals surface area contributed by atoms with E-state index in [1.54, 1.807) is 0 Å². The summed E-state index contributed by atoms with van der Waals surface area (Å²) in [6.07, 6.45) is 7.98. The first-order valence-electron chi connectivity index (χ1n) is 5.45. The molecule has 0 aromatic heterocycles. The minimum absolute atomic E-state index is 0. The fourth-order valence-corrected chi connectivity index (χ4v) is 1.43. The SMILES string of the molecule is CCC[C-]=C(CCC)c1[c-]cccc1.[Zr+2]. The van der Waals surface area contributed by atoms with Gasteiger partial charge in [-0.3, -0.25) is 5.57 Å². The smallest absolute Gasteiger partial charge is 0.323 e. The Labute approximate surface area is 113 Å². The van der Waals surface area contributed by atoms with Crippen LogP contribution in [0.2, 0.25) is 0 Å².